The normalized spacial score (nSPS) is 17.7. The van der Waals surface area contributed by atoms with E-state index in [4.69, 9.17) is 10.8 Å². The zero-order valence-electron chi connectivity index (χ0n) is 7.30. The summed E-state index contributed by atoms with van der Waals surface area (Å²) in [6.45, 7) is 0.310. The lowest BCUT2D eigenvalue weighted by Gasteiger charge is -2.19. The van der Waals surface area contributed by atoms with Crippen molar-refractivity contribution in [2.75, 3.05) is 13.2 Å². The second-order valence-electron chi connectivity index (χ2n) is 2.83. The lowest BCUT2D eigenvalue weighted by atomic mass is 10.2. The van der Waals surface area contributed by atoms with Gasteiger partial charge in [-0.3, -0.25) is 9.69 Å². The van der Waals surface area contributed by atoms with Gasteiger partial charge >= 0.3 is 12.1 Å². The molecule has 7 heteroatoms. The van der Waals surface area contributed by atoms with Crippen LogP contribution in [0.15, 0.2) is 0 Å². The van der Waals surface area contributed by atoms with Gasteiger partial charge in [-0.1, -0.05) is 0 Å². The van der Waals surface area contributed by atoms with E-state index in [1.165, 1.54) is 0 Å². The van der Waals surface area contributed by atoms with Gasteiger partial charge in [-0.25, -0.2) is 9.59 Å². The molecule has 1 aliphatic heterocycles. The minimum atomic E-state index is -1.26. The smallest absolute Gasteiger partial charge is 0.410 e. The summed E-state index contributed by atoms with van der Waals surface area (Å²) in [6, 6.07) is -1.22. The number of carbonyl (C=O) groups is 3. The molecule has 0 unspecified atom stereocenters. The molecule has 0 radical (unpaired) electrons. The monoisotopic (exact) mass is 202 g/mol. The standard InChI is InChI=1S/C7H10N2O5/c8-5(10)3-4(6(11)12)9-1-2-14-7(9)13/h4H,1-3H2,(H2,8,10)(H,11,12)/t4-/m0/s1. The second-order valence-corrected chi connectivity index (χ2v) is 2.83. The Kier molecular flexibility index (Phi) is 2.90. The van der Waals surface area contributed by atoms with Gasteiger partial charge in [-0.2, -0.15) is 0 Å². The van der Waals surface area contributed by atoms with E-state index >= 15 is 0 Å². The molecule has 3 N–H and O–H groups in total. The first-order valence-corrected chi connectivity index (χ1v) is 3.97. The summed E-state index contributed by atoms with van der Waals surface area (Å²) in [7, 11) is 0. The van der Waals surface area contributed by atoms with E-state index in [1.807, 2.05) is 0 Å². The Balaban J connectivity index is 2.71. The fourth-order valence-corrected chi connectivity index (χ4v) is 1.21. The maximum absolute atomic E-state index is 11.0. The molecule has 1 saturated heterocycles. The van der Waals surface area contributed by atoms with Gasteiger partial charge in [0.2, 0.25) is 5.91 Å². The van der Waals surface area contributed by atoms with Gasteiger partial charge in [-0.15, -0.1) is 0 Å². The van der Waals surface area contributed by atoms with Gasteiger partial charge in [-0.05, 0) is 0 Å². The minimum Gasteiger partial charge on any atom is -0.480 e. The molecule has 2 amide bonds. The quantitative estimate of drug-likeness (QED) is 0.592. The highest BCUT2D eigenvalue weighted by Crippen LogP contribution is 2.11. The summed E-state index contributed by atoms with van der Waals surface area (Å²) in [5, 5.41) is 8.74. The van der Waals surface area contributed by atoms with Crippen LogP contribution in [0.2, 0.25) is 0 Å². The topological polar surface area (TPSA) is 110 Å². The van der Waals surface area contributed by atoms with Crippen LogP contribution in [0.1, 0.15) is 6.42 Å². The minimum absolute atomic E-state index is 0.140. The number of amides is 2. The Morgan fingerprint density at radius 3 is 2.64 bits per heavy atom. The first-order chi connectivity index (χ1) is 6.52. The molecule has 1 heterocycles. The van der Waals surface area contributed by atoms with Gasteiger partial charge in [0.25, 0.3) is 0 Å². The van der Waals surface area contributed by atoms with Crippen LogP contribution in [0, 0.1) is 0 Å². The van der Waals surface area contributed by atoms with Crippen LogP contribution in [0.4, 0.5) is 4.79 Å². The summed E-state index contributed by atoms with van der Waals surface area (Å²) in [4.78, 5) is 33.2. The number of carboxylic acid groups (broad SMARTS) is 1. The Morgan fingerprint density at radius 1 is 1.64 bits per heavy atom. The third-order valence-corrected chi connectivity index (χ3v) is 1.85. The van der Waals surface area contributed by atoms with Crippen LogP contribution in [-0.4, -0.2) is 47.2 Å². The summed E-state index contributed by atoms with van der Waals surface area (Å²) in [6.07, 6.45) is -1.12. The van der Waals surface area contributed by atoms with Gasteiger partial charge in [0.15, 0.2) is 0 Å². The van der Waals surface area contributed by atoms with Crippen molar-refractivity contribution in [3.05, 3.63) is 0 Å². The lowest BCUT2D eigenvalue weighted by molar-refractivity contribution is -0.144. The summed E-state index contributed by atoms with van der Waals surface area (Å²) < 4.78 is 4.55. The van der Waals surface area contributed by atoms with Crippen molar-refractivity contribution in [2.24, 2.45) is 5.73 Å². The Hall–Kier alpha value is -1.79. The summed E-state index contributed by atoms with van der Waals surface area (Å²) in [5.41, 5.74) is 4.86. The van der Waals surface area contributed by atoms with E-state index in [9.17, 15) is 14.4 Å². The van der Waals surface area contributed by atoms with Crippen LogP contribution in [0.3, 0.4) is 0 Å². The molecule has 1 atom stereocenters. The number of nitrogens with two attached hydrogens (primary N) is 1. The third kappa shape index (κ3) is 2.12. The first kappa shape index (κ1) is 10.3. The van der Waals surface area contributed by atoms with E-state index in [1.54, 1.807) is 0 Å². The van der Waals surface area contributed by atoms with Gasteiger partial charge in [0.1, 0.15) is 12.6 Å². The van der Waals surface area contributed by atoms with Crippen LogP contribution in [0.25, 0.3) is 0 Å². The van der Waals surface area contributed by atoms with Gasteiger partial charge in [0.05, 0.1) is 13.0 Å². The van der Waals surface area contributed by atoms with Crippen LogP contribution >= 0.6 is 0 Å². The Morgan fingerprint density at radius 2 is 2.29 bits per heavy atom. The molecule has 1 fully saturated rings. The molecule has 1 rings (SSSR count). The lowest BCUT2D eigenvalue weighted by Crippen LogP contribution is -2.44. The fourth-order valence-electron chi connectivity index (χ4n) is 1.21. The average molecular weight is 202 g/mol. The van der Waals surface area contributed by atoms with Crippen molar-refractivity contribution in [1.29, 1.82) is 0 Å². The van der Waals surface area contributed by atoms with E-state index in [2.05, 4.69) is 4.74 Å². The van der Waals surface area contributed by atoms with E-state index in [0.717, 1.165) is 4.90 Å². The Bertz CT molecular complexity index is 277. The molecule has 0 saturated carbocycles. The molecule has 0 aliphatic carbocycles. The number of hydrogen-bond donors (Lipinski definition) is 2. The number of nitrogens with zero attached hydrogens (tertiary/aromatic N) is 1. The van der Waals surface area contributed by atoms with Crippen molar-refractivity contribution in [1.82, 2.24) is 4.90 Å². The number of carbonyl (C=O) groups excluding carboxylic acids is 2. The predicted molar refractivity (Wildman–Crippen MR) is 43.3 cm³/mol. The van der Waals surface area contributed by atoms with Crippen molar-refractivity contribution >= 4 is 18.0 Å². The summed E-state index contributed by atoms with van der Waals surface area (Å²) in [5.74, 6) is -2.03. The second kappa shape index (κ2) is 3.95. The number of ether oxygens (including phenoxy) is 1. The SMILES string of the molecule is NC(=O)C[C@@H](C(=O)O)N1CCOC1=O. The molecule has 0 bridgehead atoms. The molecular weight excluding hydrogens is 192 g/mol. The summed E-state index contributed by atoms with van der Waals surface area (Å²) >= 11 is 0. The zero-order valence-corrected chi connectivity index (χ0v) is 7.30. The molecule has 0 spiro atoms. The predicted octanol–water partition coefficient (Wildman–Crippen LogP) is -1.23. The molecule has 1 aliphatic rings. The third-order valence-electron chi connectivity index (χ3n) is 1.85. The van der Waals surface area contributed by atoms with E-state index in [-0.39, 0.29) is 13.2 Å². The highest BCUT2D eigenvalue weighted by atomic mass is 16.6. The van der Waals surface area contributed by atoms with E-state index in [0.29, 0.717) is 0 Å². The zero-order chi connectivity index (χ0) is 10.7. The molecular formula is C7H10N2O5. The van der Waals surface area contributed by atoms with Gasteiger partial charge < -0.3 is 15.6 Å². The number of hydrogen-bond acceptors (Lipinski definition) is 4. The molecule has 0 aromatic carbocycles. The van der Waals surface area contributed by atoms with Crippen molar-refractivity contribution in [3.8, 4) is 0 Å². The average Bonchev–Trinajstić information content (AvgIpc) is 2.46. The van der Waals surface area contributed by atoms with Crippen molar-refractivity contribution in [3.63, 3.8) is 0 Å². The van der Waals surface area contributed by atoms with E-state index < -0.39 is 30.4 Å². The fraction of sp³-hybridized carbons (Fsp3) is 0.571. The number of aliphatic carboxylic acids is 1. The van der Waals surface area contributed by atoms with Gasteiger partial charge in [0, 0.05) is 0 Å². The Labute approximate surface area is 79.4 Å². The highest BCUT2D eigenvalue weighted by Gasteiger charge is 2.35. The maximum atomic E-state index is 11.0. The molecule has 0 aromatic rings. The largest absolute Gasteiger partial charge is 0.480 e. The number of carboxylic acids is 1. The van der Waals surface area contributed by atoms with Crippen LogP contribution in [0.5, 0.6) is 0 Å². The maximum Gasteiger partial charge on any atom is 0.410 e. The number of primary amides is 1. The molecule has 14 heavy (non-hydrogen) atoms. The number of cyclic esters (lactones) is 1. The molecule has 78 valence electrons. The molecule has 0 aromatic heterocycles. The molecule has 7 nitrogen and oxygen atoms in total. The first-order valence-electron chi connectivity index (χ1n) is 3.97. The highest BCUT2D eigenvalue weighted by molar-refractivity contribution is 5.86. The van der Waals surface area contributed by atoms with Crippen LogP contribution < -0.4 is 5.73 Å². The van der Waals surface area contributed by atoms with Crippen molar-refractivity contribution < 1.29 is 24.2 Å². The van der Waals surface area contributed by atoms with Crippen LogP contribution in [-0.2, 0) is 14.3 Å². The van der Waals surface area contributed by atoms with Crippen molar-refractivity contribution in [2.45, 2.75) is 12.5 Å². The number of rotatable bonds is 4.